The van der Waals surface area contributed by atoms with Crippen LogP contribution in [0.2, 0.25) is 0 Å². The minimum atomic E-state index is -0.351. The summed E-state index contributed by atoms with van der Waals surface area (Å²) in [7, 11) is 0. The molecule has 0 unspecified atom stereocenters. The van der Waals surface area contributed by atoms with Crippen molar-refractivity contribution in [3.05, 3.63) is 35.9 Å². The van der Waals surface area contributed by atoms with Crippen LogP contribution in [0, 0.1) is 11.2 Å². The van der Waals surface area contributed by atoms with Gasteiger partial charge >= 0.3 is 0 Å². The SMILES string of the molecule is O=C(Cc1nnn[nH]1)N1CCC2(CC1)C[C@H](CCN1CCN(c3ccc(F)cc3)CC1)NC2=O. The zero-order chi connectivity index (χ0) is 23.5. The van der Waals surface area contributed by atoms with Crippen LogP contribution >= 0.6 is 0 Å². The third kappa shape index (κ3) is 4.89. The maximum atomic E-state index is 13.2. The Balaban J connectivity index is 1.05. The third-order valence-electron chi connectivity index (χ3n) is 7.59. The van der Waals surface area contributed by atoms with Crippen molar-refractivity contribution in [1.29, 1.82) is 0 Å². The van der Waals surface area contributed by atoms with Crippen molar-refractivity contribution < 1.29 is 14.0 Å². The van der Waals surface area contributed by atoms with E-state index in [4.69, 9.17) is 0 Å². The molecule has 0 saturated carbocycles. The zero-order valence-electron chi connectivity index (χ0n) is 19.2. The molecule has 5 rings (SSSR count). The lowest BCUT2D eigenvalue weighted by Crippen LogP contribution is -2.47. The number of aromatic nitrogens is 4. The smallest absolute Gasteiger partial charge is 0.230 e. The number of tetrazole rings is 1. The molecule has 1 aromatic carbocycles. The van der Waals surface area contributed by atoms with Crippen LogP contribution < -0.4 is 10.2 Å². The molecule has 1 atom stereocenters. The fourth-order valence-corrected chi connectivity index (χ4v) is 5.47. The number of rotatable bonds is 6. The van der Waals surface area contributed by atoms with Gasteiger partial charge in [-0.1, -0.05) is 0 Å². The molecule has 2 aromatic rings. The van der Waals surface area contributed by atoms with E-state index in [9.17, 15) is 14.0 Å². The number of piperazine rings is 1. The Morgan fingerprint density at radius 2 is 1.82 bits per heavy atom. The van der Waals surface area contributed by atoms with Crippen molar-refractivity contribution in [2.75, 3.05) is 50.7 Å². The highest BCUT2D eigenvalue weighted by Gasteiger charge is 2.48. The Morgan fingerprint density at radius 1 is 1.09 bits per heavy atom. The second-order valence-corrected chi connectivity index (χ2v) is 9.65. The first-order valence-corrected chi connectivity index (χ1v) is 12.0. The molecular weight excluding hydrogens is 439 g/mol. The van der Waals surface area contributed by atoms with E-state index in [1.165, 1.54) is 12.1 Å². The van der Waals surface area contributed by atoms with Crippen LogP contribution in [0.15, 0.2) is 24.3 Å². The number of nitrogens with zero attached hydrogens (tertiary/aromatic N) is 6. The number of H-pyrrole nitrogens is 1. The number of hydrogen-bond acceptors (Lipinski definition) is 7. The summed E-state index contributed by atoms with van der Waals surface area (Å²) >= 11 is 0. The fraction of sp³-hybridized carbons (Fsp3) is 0.609. The molecule has 0 bridgehead atoms. The number of carbonyl (C=O) groups is 2. The Kier molecular flexibility index (Phi) is 6.44. The van der Waals surface area contributed by atoms with Gasteiger partial charge in [-0.15, -0.1) is 5.10 Å². The first-order chi connectivity index (χ1) is 16.5. The highest BCUT2D eigenvalue weighted by atomic mass is 19.1. The van der Waals surface area contributed by atoms with Crippen LogP contribution in [0.4, 0.5) is 10.1 Å². The highest BCUT2D eigenvalue weighted by Crippen LogP contribution is 2.41. The monoisotopic (exact) mass is 470 g/mol. The summed E-state index contributed by atoms with van der Waals surface area (Å²) < 4.78 is 13.2. The van der Waals surface area contributed by atoms with Gasteiger partial charge in [0, 0.05) is 57.5 Å². The van der Waals surface area contributed by atoms with E-state index in [0.29, 0.717) is 31.8 Å². The number of anilines is 1. The molecule has 182 valence electrons. The second kappa shape index (κ2) is 9.65. The Labute approximate surface area is 197 Å². The summed E-state index contributed by atoms with van der Waals surface area (Å²) in [5.41, 5.74) is 0.713. The predicted octanol–water partition coefficient (Wildman–Crippen LogP) is 0.591. The van der Waals surface area contributed by atoms with Crippen molar-refractivity contribution in [2.24, 2.45) is 5.41 Å². The molecule has 1 aromatic heterocycles. The van der Waals surface area contributed by atoms with Gasteiger partial charge in [0.15, 0.2) is 5.82 Å². The molecular formula is C23H31FN8O2. The zero-order valence-corrected chi connectivity index (χ0v) is 19.2. The molecule has 3 fully saturated rings. The topological polar surface area (TPSA) is 110 Å². The van der Waals surface area contributed by atoms with Gasteiger partial charge in [-0.3, -0.25) is 14.5 Å². The normalized spacial score (nSPS) is 22.9. The first kappa shape index (κ1) is 22.7. The van der Waals surface area contributed by atoms with E-state index in [1.54, 1.807) is 0 Å². The second-order valence-electron chi connectivity index (χ2n) is 9.65. The minimum Gasteiger partial charge on any atom is -0.369 e. The van der Waals surface area contributed by atoms with Crippen molar-refractivity contribution in [3.8, 4) is 0 Å². The van der Waals surface area contributed by atoms with Crippen LogP contribution in [-0.4, -0.2) is 94.1 Å². The van der Waals surface area contributed by atoms with Crippen molar-refractivity contribution in [1.82, 2.24) is 35.7 Å². The van der Waals surface area contributed by atoms with Crippen molar-refractivity contribution in [2.45, 2.75) is 38.1 Å². The quantitative estimate of drug-likeness (QED) is 0.636. The number of likely N-dealkylation sites (tertiary alicyclic amines) is 1. The van der Waals surface area contributed by atoms with Gasteiger partial charge in [-0.2, -0.15) is 0 Å². The molecule has 11 heteroatoms. The average Bonchev–Trinajstić information content (AvgIpc) is 3.47. The molecule has 3 aliphatic heterocycles. The average molecular weight is 471 g/mol. The lowest BCUT2D eigenvalue weighted by atomic mass is 9.75. The van der Waals surface area contributed by atoms with Crippen LogP contribution in [0.5, 0.6) is 0 Å². The minimum absolute atomic E-state index is 0.0110. The highest BCUT2D eigenvalue weighted by molar-refractivity contribution is 5.86. The van der Waals surface area contributed by atoms with Crippen molar-refractivity contribution in [3.63, 3.8) is 0 Å². The molecule has 1 spiro atoms. The summed E-state index contributed by atoms with van der Waals surface area (Å²) in [5, 5.41) is 16.6. The van der Waals surface area contributed by atoms with Gasteiger partial charge < -0.3 is 15.1 Å². The number of amides is 2. The Morgan fingerprint density at radius 3 is 2.50 bits per heavy atom. The van der Waals surface area contributed by atoms with E-state index < -0.39 is 0 Å². The predicted molar refractivity (Wildman–Crippen MR) is 122 cm³/mol. The molecule has 3 saturated heterocycles. The largest absolute Gasteiger partial charge is 0.369 e. The molecule has 0 radical (unpaired) electrons. The summed E-state index contributed by atoms with van der Waals surface area (Å²) in [6, 6.07) is 6.87. The van der Waals surface area contributed by atoms with Gasteiger partial charge in [0.1, 0.15) is 5.82 Å². The molecule has 2 amide bonds. The lowest BCUT2D eigenvalue weighted by Gasteiger charge is -2.37. The van der Waals surface area contributed by atoms with Crippen LogP contribution in [0.3, 0.4) is 0 Å². The number of aromatic amines is 1. The number of benzene rings is 1. The van der Waals surface area contributed by atoms with Gasteiger partial charge in [0.05, 0.1) is 11.8 Å². The number of halogens is 1. The maximum Gasteiger partial charge on any atom is 0.230 e. The van der Waals surface area contributed by atoms with Gasteiger partial charge in [0.25, 0.3) is 0 Å². The van der Waals surface area contributed by atoms with E-state index in [1.807, 2.05) is 17.0 Å². The Bertz CT molecular complexity index is 983. The van der Waals surface area contributed by atoms with E-state index in [2.05, 4.69) is 35.7 Å². The van der Waals surface area contributed by atoms with Gasteiger partial charge in [0.2, 0.25) is 11.8 Å². The van der Waals surface area contributed by atoms with Crippen LogP contribution in [0.25, 0.3) is 0 Å². The van der Waals surface area contributed by atoms with Crippen LogP contribution in [-0.2, 0) is 16.0 Å². The molecule has 0 aliphatic carbocycles. The number of carbonyl (C=O) groups excluding carboxylic acids is 2. The summed E-state index contributed by atoms with van der Waals surface area (Å²) in [5.74, 6) is 0.385. The number of hydrogen-bond donors (Lipinski definition) is 2. The standard InChI is InChI=1S/C23H31FN8O2/c24-17-1-3-19(4-2-17)31-13-11-30(12-14-31)8-5-18-16-23(22(34)25-18)6-9-32(10-7-23)21(33)15-20-26-28-29-27-20/h1-4,18H,5-16H2,(H,25,34)(H,26,27,28,29)/t18-/m0/s1. The summed E-state index contributed by atoms with van der Waals surface area (Å²) in [6.45, 7) is 5.88. The van der Waals surface area contributed by atoms with E-state index in [-0.39, 0.29) is 35.5 Å². The van der Waals surface area contributed by atoms with Crippen LogP contribution in [0.1, 0.15) is 31.5 Å². The van der Waals surface area contributed by atoms with E-state index >= 15 is 0 Å². The van der Waals surface area contributed by atoms with Gasteiger partial charge in [-0.05, 0) is 60.4 Å². The molecule has 4 heterocycles. The third-order valence-corrected chi connectivity index (χ3v) is 7.59. The molecule has 34 heavy (non-hydrogen) atoms. The number of piperidine rings is 1. The lowest BCUT2D eigenvalue weighted by molar-refractivity contribution is -0.138. The first-order valence-electron chi connectivity index (χ1n) is 12.0. The van der Waals surface area contributed by atoms with Crippen molar-refractivity contribution >= 4 is 17.5 Å². The Hall–Kier alpha value is -3.08. The molecule has 3 aliphatic rings. The van der Waals surface area contributed by atoms with Gasteiger partial charge in [-0.25, -0.2) is 9.49 Å². The summed E-state index contributed by atoms with van der Waals surface area (Å²) in [6.07, 6.45) is 3.34. The molecule has 10 nitrogen and oxygen atoms in total. The maximum absolute atomic E-state index is 13.2. The molecule has 2 N–H and O–H groups in total. The number of nitrogens with one attached hydrogen (secondary N) is 2. The fourth-order valence-electron chi connectivity index (χ4n) is 5.47. The summed E-state index contributed by atoms with van der Waals surface area (Å²) in [4.78, 5) is 31.9. The van der Waals surface area contributed by atoms with E-state index in [0.717, 1.165) is 51.3 Å².